The Morgan fingerprint density at radius 2 is 1.90 bits per heavy atom. The van der Waals surface area contributed by atoms with Crippen LogP contribution in [0.25, 0.3) is 6.08 Å². The molecule has 0 amide bonds. The summed E-state index contributed by atoms with van der Waals surface area (Å²) in [5.74, 6) is 1.01. The van der Waals surface area contributed by atoms with Gasteiger partial charge in [0.2, 0.25) is 0 Å². The summed E-state index contributed by atoms with van der Waals surface area (Å²) in [6.45, 7) is 0. The first kappa shape index (κ1) is 13.6. The van der Waals surface area contributed by atoms with E-state index in [9.17, 15) is 5.11 Å². The van der Waals surface area contributed by atoms with Gasteiger partial charge in [-0.05, 0) is 36.3 Å². The molecule has 0 radical (unpaired) electrons. The molecule has 3 rings (SSSR count). The molecule has 1 aromatic carbocycles. The van der Waals surface area contributed by atoms with Gasteiger partial charge in [-0.25, -0.2) is 0 Å². The molecule has 0 heterocycles. The lowest BCUT2D eigenvalue weighted by atomic mass is 9.84. The number of fused-ring (bicyclic) bond motifs is 1. The highest BCUT2D eigenvalue weighted by Crippen LogP contribution is 2.34. The van der Waals surface area contributed by atoms with Gasteiger partial charge in [-0.3, -0.25) is 0 Å². The smallest absolute Gasteiger partial charge is 0.0861 e. The standard InChI is InChI=1S/C19H24O/c20-19-17(11-6-9-15-7-2-1-3-8-15)14-13-16-10-4-5-12-18(16)19/h4-6,9-10,12-15,17,19-20H,1-3,7-8,11H2/b9-6+/t17-,19-/m0/s1. The Morgan fingerprint density at radius 3 is 2.75 bits per heavy atom. The van der Waals surface area contributed by atoms with Gasteiger partial charge in [0.05, 0.1) is 6.10 Å². The van der Waals surface area contributed by atoms with E-state index < -0.39 is 0 Å². The van der Waals surface area contributed by atoms with Crippen molar-refractivity contribution in [3.63, 3.8) is 0 Å². The van der Waals surface area contributed by atoms with E-state index in [1.54, 1.807) is 0 Å². The topological polar surface area (TPSA) is 20.2 Å². The van der Waals surface area contributed by atoms with Crippen molar-refractivity contribution in [2.75, 3.05) is 0 Å². The second-order valence-electron chi connectivity index (χ2n) is 6.16. The van der Waals surface area contributed by atoms with E-state index in [4.69, 9.17) is 0 Å². The number of aliphatic hydroxyl groups is 1. The summed E-state index contributed by atoms with van der Waals surface area (Å²) in [5, 5.41) is 10.5. The number of rotatable bonds is 3. The van der Waals surface area contributed by atoms with Gasteiger partial charge in [-0.2, -0.15) is 0 Å². The Bertz CT molecular complexity index is 494. The molecule has 0 aliphatic heterocycles. The number of hydrogen-bond donors (Lipinski definition) is 1. The molecule has 0 aromatic heterocycles. The average molecular weight is 268 g/mol. The van der Waals surface area contributed by atoms with Gasteiger partial charge in [0.15, 0.2) is 0 Å². The van der Waals surface area contributed by atoms with E-state index in [0.29, 0.717) is 0 Å². The molecule has 2 aliphatic rings. The minimum Gasteiger partial charge on any atom is -0.388 e. The van der Waals surface area contributed by atoms with E-state index in [1.165, 1.54) is 32.1 Å². The molecular formula is C19H24O. The molecule has 1 fully saturated rings. The molecule has 0 unspecified atom stereocenters. The number of hydrogen-bond acceptors (Lipinski definition) is 1. The van der Waals surface area contributed by atoms with Crippen molar-refractivity contribution < 1.29 is 5.11 Å². The summed E-state index contributed by atoms with van der Waals surface area (Å²) >= 11 is 0. The molecule has 1 aromatic rings. The van der Waals surface area contributed by atoms with E-state index >= 15 is 0 Å². The second kappa shape index (κ2) is 6.41. The van der Waals surface area contributed by atoms with E-state index in [2.05, 4.69) is 30.4 Å². The van der Waals surface area contributed by atoms with Crippen LogP contribution >= 0.6 is 0 Å². The Morgan fingerprint density at radius 1 is 1.10 bits per heavy atom. The highest BCUT2D eigenvalue weighted by molar-refractivity contribution is 5.57. The van der Waals surface area contributed by atoms with E-state index in [0.717, 1.165) is 23.5 Å². The van der Waals surface area contributed by atoms with Gasteiger partial charge in [0, 0.05) is 5.92 Å². The summed E-state index contributed by atoms with van der Waals surface area (Å²) in [7, 11) is 0. The van der Waals surface area contributed by atoms with Crippen LogP contribution < -0.4 is 0 Å². The van der Waals surface area contributed by atoms with Gasteiger partial charge in [-0.15, -0.1) is 0 Å². The van der Waals surface area contributed by atoms with Crippen LogP contribution in [-0.4, -0.2) is 5.11 Å². The number of allylic oxidation sites excluding steroid dienone is 2. The predicted molar refractivity (Wildman–Crippen MR) is 84.3 cm³/mol. The quantitative estimate of drug-likeness (QED) is 0.774. The van der Waals surface area contributed by atoms with Crippen molar-refractivity contribution in [3.05, 3.63) is 53.6 Å². The van der Waals surface area contributed by atoms with Crippen molar-refractivity contribution in [3.8, 4) is 0 Å². The van der Waals surface area contributed by atoms with Crippen LogP contribution in [-0.2, 0) is 0 Å². The van der Waals surface area contributed by atoms with Gasteiger partial charge in [0.25, 0.3) is 0 Å². The molecule has 0 saturated heterocycles. The molecule has 1 N–H and O–H groups in total. The fraction of sp³-hybridized carbons (Fsp3) is 0.474. The minimum absolute atomic E-state index is 0.227. The lowest BCUT2D eigenvalue weighted by Crippen LogP contribution is -2.14. The molecule has 1 nitrogen and oxygen atoms in total. The molecule has 2 aliphatic carbocycles. The van der Waals surface area contributed by atoms with Crippen LogP contribution in [0, 0.1) is 11.8 Å². The molecule has 2 atom stereocenters. The molecule has 106 valence electrons. The zero-order chi connectivity index (χ0) is 13.8. The average Bonchev–Trinajstić information content (AvgIpc) is 2.51. The molecule has 1 heteroatoms. The molecular weight excluding hydrogens is 244 g/mol. The van der Waals surface area contributed by atoms with Crippen LogP contribution in [0.1, 0.15) is 55.8 Å². The van der Waals surface area contributed by atoms with Crippen LogP contribution in [0.5, 0.6) is 0 Å². The molecule has 1 saturated carbocycles. The van der Waals surface area contributed by atoms with Crippen molar-refractivity contribution in [2.24, 2.45) is 11.8 Å². The summed E-state index contributed by atoms with van der Waals surface area (Å²) < 4.78 is 0. The Labute approximate surface area is 122 Å². The third-order valence-corrected chi connectivity index (χ3v) is 4.71. The predicted octanol–water partition coefficient (Wildman–Crippen LogP) is 4.89. The maximum absolute atomic E-state index is 10.5. The molecule has 0 bridgehead atoms. The monoisotopic (exact) mass is 268 g/mol. The first-order valence-corrected chi connectivity index (χ1v) is 7.96. The van der Waals surface area contributed by atoms with Gasteiger partial charge < -0.3 is 5.11 Å². The number of aliphatic hydroxyl groups excluding tert-OH is 1. The Balaban J connectivity index is 1.60. The van der Waals surface area contributed by atoms with Crippen molar-refractivity contribution >= 4 is 6.08 Å². The normalized spacial score (nSPS) is 26.9. The van der Waals surface area contributed by atoms with Crippen molar-refractivity contribution in [1.29, 1.82) is 0 Å². The largest absolute Gasteiger partial charge is 0.388 e. The lowest BCUT2D eigenvalue weighted by molar-refractivity contribution is 0.131. The van der Waals surface area contributed by atoms with Crippen LogP contribution in [0.3, 0.4) is 0 Å². The molecule has 20 heavy (non-hydrogen) atoms. The first-order valence-electron chi connectivity index (χ1n) is 7.96. The maximum atomic E-state index is 10.5. The Hall–Kier alpha value is -1.34. The lowest BCUT2D eigenvalue weighted by Gasteiger charge is -2.25. The first-order chi connectivity index (χ1) is 9.84. The summed E-state index contributed by atoms with van der Waals surface area (Å²) in [6.07, 6.45) is 16.5. The van der Waals surface area contributed by atoms with Crippen LogP contribution in [0.4, 0.5) is 0 Å². The minimum atomic E-state index is -0.354. The van der Waals surface area contributed by atoms with E-state index in [1.807, 2.05) is 18.2 Å². The van der Waals surface area contributed by atoms with Crippen molar-refractivity contribution in [2.45, 2.75) is 44.6 Å². The Kier molecular flexibility index (Phi) is 4.37. The highest BCUT2D eigenvalue weighted by atomic mass is 16.3. The number of benzene rings is 1. The third kappa shape index (κ3) is 3.04. The summed E-state index contributed by atoms with van der Waals surface area (Å²) in [4.78, 5) is 0. The van der Waals surface area contributed by atoms with Crippen LogP contribution in [0.15, 0.2) is 42.5 Å². The maximum Gasteiger partial charge on any atom is 0.0861 e. The van der Waals surface area contributed by atoms with E-state index in [-0.39, 0.29) is 12.0 Å². The molecule has 0 spiro atoms. The van der Waals surface area contributed by atoms with Crippen molar-refractivity contribution in [1.82, 2.24) is 0 Å². The second-order valence-corrected chi connectivity index (χ2v) is 6.16. The van der Waals surface area contributed by atoms with Crippen LogP contribution in [0.2, 0.25) is 0 Å². The zero-order valence-electron chi connectivity index (χ0n) is 12.0. The van der Waals surface area contributed by atoms with Gasteiger partial charge >= 0.3 is 0 Å². The fourth-order valence-corrected chi connectivity index (χ4v) is 3.46. The summed E-state index contributed by atoms with van der Waals surface area (Å²) in [6, 6.07) is 8.15. The SMILES string of the molecule is O[C@@H]1c2ccccc2C=C[C@@H]1C/C=C/C1CCCCC1. The van der Waals surface area contributed by atoms with Gasteiger partial charge in [-0.1, -0.05) is 67.8 Å². The summed E-state index contributed by atoms with van der Waals surface area (Å²) in [5.41, 5.74) is 2.23. The van der Waals surface area contributed by atoms with Gasteiger partial charge in [0.1, 0.15) is 0 Å². The highest BCUT2D eigenvalue weighted by Gasteiger charge is 2.22. The fourth-order valence-electron chi connectivity index (χ4n) is 3.46. The third-order valence-electron chi connectivity index (χ3n) is 4.71. The zero-order valence-corrected chi connectivity index (χ0v) is 12.0.